The van der Waals surface area contributed by atoms with Gasteiger partial charge in [0.25, 0.3) is 0 Å². The summed E-state index contributed by atoms with van der Waals surface area (Å²) in [6.45, 7) is -0.0498. The minimum absolute atomic E-state index is 0.0249. The SMILES string of the molecule is O=C(O)c1ccc(-c2c3ccc(=O)cc-3oc3cc(O)ccc23)c(C(=O)OCc2ccc(Cl)cc2)c1. The van der Waals surface area contributed by atoms with Crippen LogP contribution in [0.4, 0.5) is 0 Å². The Morgan fingerprint density at radius 1 is 0.889 bits per heavy atom. The number of aromatic hydroxyl groups is 1. The van der Waals surface area contributed by atoms with Crippen molar-refractivity contribution in [3.8, 4) is 28.2 Å². The molecule has 0 spiro atoms. The van der Waals surface area contributed by atoms with Crippen LogP contribution in [-0.4, -0.2) is 22.2 Å². The maximum absolute atomic E-state index is 13.3. The van der Waals surface area contributed by atoms with Gasteiger partial charge in [0.05, 0.1) is 11.1 Å². The number of ether oxygens (including phenoxy) is 1. The highest BCUT2D eigenvalue weighted by molar-refractivity contribution is 6.30. The van der Waals surface area contributed by atoms with Crippen molar-refractivity contribution in [2.75, 3.05) is 0 Å². The molecule has 0 radical (unpaired) electrons. The molecular formula is C28H17ClO7. The van der Waals surface area contributed by atoms with Crippen LogP contribution in [0, 0.1) is 0 Å². The van der Waals surface area contributed by atoms with E-state index < -0.39 is 11.9 Å². The van der Waals surface area contributed by atoms with Gasteiger partial charge in [-0.1, -0.05) is 29.8 Å². The summed E-state index contributed by atoms with van der Waals surface area (Å²) in [5.41, 5.74) is 2.09. The maximum Gasteiger partial charge on any atom is 0.339 e. The first-order chi connectivity index (χ1) is 17.3. The number of rotatable bonds is 5. The molecule has 2 aliphatic rings. The quantitative estimate of drug-likeness (QED) is 0.225. The molecule has 0 amide bonds. The smallest absolute Gasteiger partial charge is 0.339 e. The highest BCUT2D eigenvalue weighted by Gasteiger charge is 2.24. The van der Waals surface area contributed by atoms with Crippen molar-refractivity contribution in [3.63, 3.8) is 0 Å². The lowest BCUT2D eigenvalue weighted by Crippen LogP contribution is -2.10. The summed E-state index contributed by atoms with van der Waals surface area (Å²) in [6.07, 6.45) is 0. The van der Waals surface area contributed by atoms with Crippen molar-refractivity contribution in [2.24, 2.45) is 0 Å². The van der Waals surface area contributed by atoms with Crippen LogP contribution in [0.15, 0.2) is 88.1 Å². The summed E-state index contributed by atoms with van der Waals surface area (Å²) in [7, 11) is 0. The van der Waals surface area contributed by atoms with E-state index >= 15 is 0 Å². The fourth-order valence-corrected chi connectivity index (χ4v) is 4.15. The molecule has 0 saturated heterocycles. The van der Waals surface area contributed by atoms with E-state index in [2.05, 4.69) is 0 Å². The van der Waals surface area contributed by atoms with Gasteiger partial charge in [0.1, 0.15) is 23.7 Å². The fourth-order valence-electron chi connectivity index (χ4n) is 4.02. The number of carbonyl (C=O) groups excluding carboxylic acids is 1. The molecule has 7 nitrogen and oxygen atoms in total. The summed E-state index contributed by atoms with van der Waals surface area (Å²) >= 11 is 5.91. The van der Waals surface area contributed by atoms with Crippen molar-refractivity contribution >= 4 is 34.5 Å². The van der Waals surface area contributed by atoms with Gasteiger partial charge in [-0.15, -0.1) is 0 Å². The van der Waals surface area contributed by atoms with Gasteiger partial charge < -0.3 is 19.4 Å². The van der Waals surface area contributed by atoms with Gasteiger partial charge >= 0.3 is 11.9 Å². The largest absolute Gasteiger partial charge is 0.508 e. The van der Waals surface area contributed by atoms with Crippen LogP contribution in [0.1, 0.15) is 26.3 Å². The zero-order valence-electron chi connectivity index (χ0n) is 18.5. The summed E-state index contributed by atoms with van der Waals surface area (Å²) < 4.78 is 11.4. The molecule has 0 unspecified atom stereocenters. The number of halogens is 1. The Kier molecular flexibility index (Phi) is 5.91. The van der Waals surface area contributed by atoms with Crippen LogP contribution < -0.4 is 5.43 Å². The normalized spacial score (nSPS) is 11.0. The van der Waals surface area contributed by atoms with Crippen LogP contribution in [0.2, 0.25) is 5.02 Å². The van der Waals surface area contributed by atoms with Crippen LogP contribution in [-0.2, 0) is 11.3 Å². The molecule has 3 aromatic carbocycles. The van der Waals surface area contributed by atoms with Gasteiger partial charge in [-0.25, -0.2) is 9.59 Å². The molecule has 178 valence electrons. The molecule has 1 heterocycles. The number of benzene rings is 4. The Hall–Kier alpha value is -4.62. The Bertz CT molecular complexity index is 1670. The first kappa shape index (κ1) is 23.1. The van der Waals surface area contributed by atoms with Crippen LogP contribution in [0.25, 0.3) is 33.4 Å². The fraction of sp³-hybridized carbons (Fsp3) is 0.0357. The Morgan fingerprint density at radius 2 is 1.64 bits per heavy atom. The summed E-state index contributed by atoms with van der Waals surface area (Å²) in [6, 6.07) is 19.7. The van der Waals surface area contributed by atoms with E-state index in [0.29, 0.717) is 32.7 Å². The Labute approximate surface area is 209 Å². The molecule has 0 fully saturated rings. The van der Waals surface area contributed by atoms with E-state index in [1.807, 2.05) is 0 Å². The molecule has 1 aliphatic heterocycles. The topological polar surface area (TPSA) is 114 Å². The average molecular weight is 501 g/mol. The molecule has 2 N–H and O–H groups in total. The van der Waals surface area contributed by atoms with E-state index in [0.717, 1.165) is 0 Å². The van der Waals surface area contributed by atoms with Crippen LogP contribution >= 0.6 is 11.6 Å². The lowest BCUT2D eigenvalue weighted by Gasteiger charge is -2.18. The van der Waals surface area contributed by atoms with E-state index in [1.165, 1.54) is 42.5 Å². The predicted octanol–water partition coefficient (Wildman–Crippen LogP) is 5.98. The Morgan fingerprint density at radius 3 is 2.39 bits per heavy atom. The Balaban J connectivity index is 1.70. The molecule has 5 rings (SSSR count). The molecule has 1 aliphatic carbocycles. The van der Waals surface area contributed by atoms with Crippen molar-refractivity contribution in [3.05, 3.63) is 111 Å². The van der Waals surface area contributed by atoms with Gasteiger partial charge in [0.15, 0.2) is 5.43 Å². The van der Waals surface area contributed by atoms with Gasteiger partial charge in [-0.2, -0.15) is 0 Å². The number of carboxylic acid groups (broad SMARTS) is 1. The molecule has 36 heavy (non-hydrogen) atoms. The van der Waals surface area contributed by atoms with Crippen molar-refractivity contribution < 1.29 is 29.0 Å². The number of carbonyl (C=O) groups is 2. The highest BCUT2D eigenvalue weighted by atomic mass is 35.5. The second kappa shape index (κ2) is 9.20. The van der Waals surface area contributed by atoms with Gasteiger partial charge in [-0.3, -0.25) is 4.79 Å². The highest BCUT2D eigenvalue weighted by Crippen LogP contribution is 2.42. The van der Waals surface area contributed by atoms with Crippen molar-refractivity contribution in [1.82, 2.24) is 0 Å². The summed E-state index contributed by atoms with van der Waals surface area (Å²) in [5, 5.41) is 20.6. The number of phenols is 1. The number of carboxylic acids is 1. The molecule has 0 aromatic heterocycles. The third-order valence-electron chi connectivity index (χ3n) is 5.72. The summed E-state index contributed by atoms with van der Waals surface area (Å²) in [5.74, 6) is -1.73. The standard InChI is InChI=1S/C28H17ClO7/c29-17-4-1-15(2-5-17)14-35-28(34)23-11-16(27(32)33)3-8-20(23)26-21-9-6-18(30)12-24(21)36-25-13-19(31)7-10-22(25)26/h1-13,30H,14H2,(H,32,33). The first-order valence-electron chi connectivity index (χ1n) is 10.8. The number of fused-ring (bicyclic) bond motifs is 2. The zero-order chi connectivity index (χ0) is 25.4. The van der Waals surface area contributed by atoms with E-state index in [9.17, 15) is 24.6 Å². The first-order valence-corrected chi connectivity index (χ1v) is 11.2. The molecular weight excluding hydrogens is 484 g/mol. The number of hydrogen-bond acceptors (Lipinski definition) is 6. The molecule has 8 heteroatoms. The molecule has 0 atom stereocenters. The maximum atomic E-state index is 13.3. The molecule has 0 bridgehead atoms. The van der Waals surface area contributed by atoms with Crippen molar-refractivity contribution in [2.45, 2.75) is 6.61 Å². The summed E-state index contributed by atoms with van der Waals surface area (Å²) in [4.78, 5) is 37.0. The average Bonchev–Trinajstić information content (AvgIpc) is 2.86. The van der Waals surface area contributed by atoms with E-state index in [4.69, 9.17) is 20.8 Å². The minimum Gasteiger partial charge on any atom is -0.508 e. The second-order valence-electron chi connectivity index (χ2n) is 8.08. The lowest BCUT2D eigenvalue weighted by atomic mass is 9.90. The number of hydrogen-bond donors (Lipinski definition) is 2. The van der Waals surface area contributed by atoms with Crippen molar-refractivity contribution in [1.29, 1.82) is 0 Å². The van der Waals surface area contributed by atoms with Crippen LogP contribution in [0.5, 0.6) is 5.75 Å². The van der Waals surface area contributed by atoms with Gasteiger partial charge in [0, 0.05) is 33.7 Å². The van der Waals surface area contributed by atoms with Gasteiger partial charge in [-0.05, 0) is 59.7 Å². The number of phenolic OH excluding ortho intramolecular Hbond substituents is 1. The second-order valence-corrected chi connectivity index (χ2v) is 8.52. The van der Waals surface area contributed by atoms with E-state index in [1.54, 1.807) is 36.4 Å². The third-order valence-corrected chi connectivity index (χ3v) is 5.97. The lowest BCUT2D eigenvalue weighted by molar-refractivity contribution is 0.0473. The zero-order valence-corrected chi connectivity index (χ0v) is 19.3. The van der Waals surface area contributed by atoms with Crippen LogP contribution in [0.3, 0.4) is 0 Å². The number of esters is 1. The predicted molar refractivity (Wildman–Crippen MR) is 134 cm³/mol. The van der Waals surface area contributed by atoms with E-state index in [-0.39, 0.29) is 40.3 Å². The third kappa shape index (κ3) is 4.39. The minimum atomic E-state index is -1.20. The van der Waals surface area contributed by atoms with Gasteiger partial charge in [0.2, 0.25) is 0 Å². The number of aromatic carboxylic acids is 1. The monoisotopic (exact) mass is 500 g/mol. The molecule has 0 saturated carbocycles. The molecule has 3 aromatic rings.